The van der Waals surface area contributed by atoms with E-state index in [1.165, 1.54) is 0 Å². The van der Waals surface area contributed by atoms with E-state index in [1.807, 2.05) is 29.0 Å². The Bertz CT molecular complexity index is 540. The van der Waals surface area contributed by atoms with Crippen LogP contribution < -0.4 is 10.1 Å². The van der Waals surface area contributed by atoms with E-state index in [1.54, 1.807) is 12.5 Å². The van der Waals surface area contributed by atoms with E-state index in [-0.39, 0.29) is 0 Å². The quantitative estimate of drug-likeness (QED) is 0.813. The molecule has 2 rings (SSSR count). The maximum absolute atomic E-state index is 6.08. The summed E-state index contributed by atoms with van der Waals surface area (Å²) < 4.78 is 7.87. The number of hydrogen-bond donors (Lipinski definition) is 1. The number of ether oxygens (including phenoxy) is 1. The molecule has 1 aromatic heterocycles. The average Bonchev–Trinajstić information content (AvgIpc) is 2.94. The van der Waals surface area contributed by atoms with Crippen molar-refractivity contribution in [3.8, 4) is 5.75 Å². The second kappa shape index (κ2) is 8.05. The van der Waals surface area contributed by atoms with Crippen molar-refractivity contribution < 1.29 is 4.74 Å². The van der Waals surface area contributed by atoms with Gasteiger partial charge in [-0.15, -0.1) is 0 Å². The topological polar surface area (TPSA) is 39.1 Å². The fraction of sp³-hybridized carbons (Fsp3) is 0.438. The molecule has 1 N–H and O–H groups in total. The van der Waals surface area contributed by atoms with Crippen molar-refractivity contribution in [3.63, 3.8) is 0 Å². The maximum Gasteiger partial charge on any atom is 0.123 e. The third kappa shape index (κ3) is 5.40. The molecule has 2 aromatic rings. The molecule has 114 valence electrons. The van der Waals surface area contributed by atoms with Gasteiger partial charge in [0.25, 0.3) is 0 Å². The molecule has 1 aromatic carbocycles. The lowest BCUT2D eigenvalue weighted by Gasteiger charge is -2.14. The largest absolute Gasteiger partial charge is 0.491 e. The summed E-state index contributed by atoms with van der Waals surface area (Å²) in [4.78, 5) is 4.01. The zero-order chi connectivity index (χ0) is 15.1. The summed E-state index contributed by atoms with van der Waals surface area (Å²) >= 11 is 6.08. The van der Waals surface area contributed by atoms with Crippen LogP contribution in [0.2, 0.25) is 5.02 Å². The van der Waals surface area contributed by atoms with E-state index < -0.39 is 0 Å². The van der Waals surface area contributed by atoms with Gasteiger partial charge in [-0.25, -0.2) is 4.98 Å². The molecule has 0 saturated carbocycles. The molecule has 0 aliphatic carbocycles. The molecule has 0 atom stereocenters. The minimum atomic E-state index is 0.606. The monoisotopic (exact) mass is 307 g/mol. The van der Waals surface area contributed by atoms with Gasteiger partial charge < -0.3 is 14.6 Å². The number of nitrogens with zero attached hydrogens (tertiary/aromatic N) is 2. The molecule has 0 radical (unpaired) electrons. The molecule has 1 heterocycles. The molecule has 0 bridgehead atoms. The van der Waals surface area contributed by atoms with Crippen molar-refractivity contribution in [3.05, 3.63) is 47.5 Å². The van der Waals surface area contributed by atoms with Crippen molar-refractivity contribution in [2.75, 3.05) is 13.2 Å². The van der Waals surface area contributed by atoms with Crippen molar-refractivity contribution in [1.82, 2.24) is 14.9 Å². The molecular weight excluding hydrogens is 286 g/mol. The molecule has 0 amide bonds. The van der Waals surface area contributed by atoms with E-state index >= 15 is 0 Å². The van der Waals surface area contributed by atoms with Crippen LogP contribution >= 0.6 is 11.6 Å². The van der Waals surface area contributed by atoms with Crippen LogP contribution in [0.3, 0.4) is 0 Å². The SMILES string of the molecule is CC(C)CNCc1cc(Cl)ccc1OCCn1ccnc1. The Kier molecular flexibility index (Phi) is 6.08. The smallest absolute Gasteiger partial charge is 0.123 e. The molecule has 0 fully saturated rings. The minimum absolute atomic E-state index is 0.606. The Morgan fingerprint density at radius 2 is 2.24 bits per heavy atom. The van der Waals surface area contributed by atoms with Crippen LogP contribution in [0.4, 0.5) is 0 Å². The average molecular weight is 308 g/mol. The second-order valence-electron chi connectivity index (χ2n) is 5.43. The fourth-order valence-electron chi connectivity index (χ4n) is 2.00. The predicted octanol–water partition coefficient (Wildman–Crippen LogP) is 3.36. The van der Waals surface area contributed by atoms with Gasteiger partial charge in [0, 0.05) is 29.5 Å². The Hall–Kier alpha value is -1.52. The summed E-state index contributed by atoms with van der Waals surface area (Å²) in [5.41, 5.74) is 1.09. The zero-order valence-electron chi connectivity index (χ0n) is 12.6. The highest BCUT2D eigenvalue weighted by Gasteiger charge is 2.05. The maximum atomic E-state index is 6.08. The molecule has 0 saturated heterocycles. The van der Waals surface area contributed by atoms with Crippen LogP contribution in [-0.2, 0) is 13.1 Å². The number of benzene rings is 1. The highest BCUT2D eigenvalue weighted by atomic mass is 35.5. The van der Waals surface area contributed by atoms with Gasteiger partial charge in [-0.3, -0.25) is 0 Å². The molecule has 0 aliphatic heterocycles. The lowest BCUT2D eigenvalue weighted by atomic mass is 10.2. The molecule has 5 heteroatoms. The highest BCUT2D eigenvalue weighted by Crippen LogP contribution is 2.23. The Labute approximate surface area is 131 Å². The summed E-state index contributed by atoms with van der Waals surface area (Å²) in [5.74, 6) is 1.51. The first-order valence-electron chi connectivity index (χ1n) is 7.23. The fourth-order valence-corrected chi connectivity index (χ4v) is 2.20. The van der Waals surface area contributed by atoms with Crippen LogP contribution in [0.25, 0.3) is 0 Å². The number of halogens is 1. The van der Waals surface area contributed by atoms with Gasteiger partial charge >= 0.3 is 0 Å². The van der Waals surface area contributed by atoms with Gasteiger partial charge in [0.1, 0.15) is 12.4 Å². The van der Waals surface area contributed by atoms with Gasteiger partial charge in [0.15, 0.2) is 0 Å². The molecule has 0 aliphatic rings. The van der Waals surface area contributed by atoms with Crippen LogP contribution in [0.1, 0.15) is 19.4 Å². The summed E-state index contributed by atoms with van der Waals surface area (Å²) in [6.07, 6.45) is 5.48. The lowest BCUT2D eigenvalue weighted by Crippen LogP contribution is -2.19. The van der Waals surface area contributed by atoms with Crippen LogP contribution in [0.5, 0.6) is 5.75 Å². The molecule has 0 unspecified atom stereocenters. The molecular formula is C16H22ClN3O. The van der Waals surface area contributed by atoms with E-state index in [0.29, 0.717) is 12.5 Å². The van der Waals surface area contributed by atoms with Gasteiger partial charge in [0.2, 0.25) is 0 Å². The minimum Gasteiger partial charge on any atom is -0.491 e. The van der Waals surface area contributed by atoms with Crippen LogP contribution in [-0.4, -0.2) is 22.7 Å². The van der Waals surface area contributed by atoms with Gasteiger partial charge in [-0.2, -0.15) is 0 Å². The van der Waals surface area contributed by atoms with E-state index in [4.69, 9.17) is 16.3 Å². The first-order chi connectivity index (χ1) is 10.1. The normalized spacial score (nSPS) is 11.0. The third-order valence-electron chi connectivity index (χ3n) is 3.06. The summed E-state index contributed by atoms with van der Waals surface area (Å²) in [6, 6.07) is 5.75. The van der Waals surface area contributed by atoms with E-state index in [0.717, 1.165) is 36.0 Å². The Morgan fingerprint density at radius 1 is 1.38 bits per heavy atom. The number of hydrogen-bond acceptors (Lipinski definition) is 3. The molecule has 4 nitrogen and oxygen atoms in total. The number of nitrogens with one attached hydrogen (secondary N) is 1. The highest BCUT2D eigenvalue weighted by molar-refractivity contribution is 6.30. The summed E-state index contributed by atoms with van der Waals surface area (Å²) in [5, 5.41) is 4.15. The lowest BCUT2D eigenvalue weighted by molar-refractivity contribution is 0.294. The van der Waals surface area contributed by atoms with Gasteiger partial charge in [-0.05, 0) is 30.7 Å². The van der Waals surface area contributed by atoms with E-state index in [2.05, 4.69) is 24.1 Å². The number of imidazole rings is 1. The standard InChI is InChI=1S/C16H22ClN3O/c1-13(2)10-19-11-14-9-15(17)3-4-16(14)21-8-7-20-6-5-18-12-20/h3-6,9,12-13,19H,7-8,10-11H2,1-2H3. The Morgan fingerprint density at radius 3 is 2.95 bits per heavy atom. The predicted molar refractivity (Wildman–Crippen MR) is 85.7 cm³/mol. The molecule has 0 spiro atoms. The van der Waals surface area contributed by atoms with Gasteiger partial charge in [-0.1, -0.05) is 25.4 Å². The van der Waals surface area contributed by atoms with Crippen molar-refractivity contribution in [2.24, 2.45) is 5.92 Å². The van der Waals surface area contributed by atoms with Gasteiger partial charge in [0.05, 0.1) is 12.9 Å². The first-order valence-corrected chi connectivity index (χ1v) is 7.60. The van der Waals surface area contributed by atoms with E-state index in [9.17, 15) is 0 Å². The van der Waals surface area contributed by atoms with Crippen molar-refractivity contribution >= 4 is 11.6 Å². The summed E-state index contributed by atoms with van der Waals surface area (Å²) in [7, 11) is 0. The number of aromatic nitrogens is 2. The first kappa shape index (κ1) is 15.9. The van der Waals surface area contributed by atoms with Crippen molar-refractivity contribution in [1.29, 1.82) is 0 Å². The second-order valence-corrected chi connectivity index (χ2v) is 5.86. The van der Waals surface area contributed by atoms with Crippen molar-refractivity contribution in [2.45, 2.75) is 26.9 Å². The molecule has 21 heavy (non-hydrogen) atoms. The number of rotatable bonds is 8. The summed E-state index contributed by atoms with van der Waals surface area (Å²) in [6.45, 7) is 7.50. The van der Waals surface area contributed by atoms with Crippen LogP contribution in [0.15, 0.2) is 36.9 Å². The van der Waals surface area contributed by atoms with Crippen LogP contribution in [0, 0.1) is 5.92 Å². The zero-order valence-corrected chi connectivity index (χ0v) is 13.3. The third-order valence-corrected chi connectivity index (χ3v) is 3.29. The Balaban J connectivity index is 1.90.